The van der Waals surface area contributed by atoms with Crippen LogP contribution in [0.25, 0.3) is 0 Å². The number of nitrogens with one attached hydrogen (secondary N) is 2. The van der Waals surface area contributed by atoms with Gasteiger partial charge in [0.1, 0.15) is 0 Å². The maximum absolute atomic E-state index is 11.9. The van der Waals surface area contributed by atoms with E-state index < -0.39 is 0 Å². The number of hydrogen-bond acceptors (Lipinski definition) is 3. The van der Waals surface area contributed by atoms with Crippen molar-refractivity contribution < 1.29 is 9.59 Å². The number of benzene rings is 1. The number of rotatable bonds is 7. The highest BCUT2D eigenvalue weighted by atomic mass is 35.5. The number of anilines is 2. The average Bonchev–Trinajstić information content (AvgIpc) is 2.45. The lowest BCUT2D eigenvalue weighted by Crippen LogP contribution is -2.33. The molecule has 0 aliphatic heterocycles. The molecule has 0 aliphatic carbocycles. The van der Waals surface area contributed by atoms with E-state index in [0.717, 1.165) is 6.54 Å². The Kier molecular flexibility index (Phi) is 7.50. The molecule has 0 bridgehead atoms. The van der Waals surface area contributed by atoms with E-state index in [-0.39, 0.29) is 11.8 Å². The van der Waals surface area contributed by atoms with E-state index in [1.807, 2.05) is 11.8 Å². The van der Waals surface area contributed by atoms with Crippen LogP contribution in [0, 0.1) is 0 Å². The number of likely N-dealkylation sites (N-methyl/N-ethyl adjacent to an activating group) is 1. The standard InChI is InChI=1S/C15H20ClN3O2/c1-3-19(10-4-9-16)11-15(21)18-14-7-5-13(6-8-14)17-12(2)20/h4-9H,3,10-11H2,1-2H3,(H,17,20)(H,18,21)/b9-4+. The molecule has 0 atom stereocenters. The SMILES string of the molecule is CCN(C/C=C/Cl)CC(=O)Nc1ccc(NC(C)=O)cc1. The van der Waals surface area contributed by atoms with Crippen molar-refractivity contribution in [2.24, 2.45) is 0 Å². The zero-order valence-corrected chi connectivity index (χ0v) is 13.0. The molecule has 0 spiro atoms. The lowest BCUT2D eigenvalue weighted by molar-refractivity contribution is -0.117. The summed E-state index contributed by atoms with van der Waals surface area (Å²) in [4.78, 5) is 24.8. The quantitative estimate of drug-likeness (QED) is 0.814. The Morgan fingerprint density at radius 3 is 2.24 bits per heavy atom. The Morgan fingerprint density at radius 1 is 1.19 bits per heavy atom. The molecule has 0 radical (unpaired) electrons. The van der Waals surface area contributed by atoms with Crippen molar-refractivity contribution in [1.29, 1.82) is 0 Å². The van der Waals surface area contributed by atoms with Crippen LogP contribution >= 0.6 is 11.6 Å². The lowest BCUT2D eigenvalue weighted by atomic mass is 10.2. The van der Waals surface area contributed by atoms with Gasteiger partial charge in [0.15, 0.2) is 0 Å². The van der Waals surface area contributed by atoms with E-state index in [9.17, 15) is 9.59 Å². The maximum Gasteiger partial charge on any atom is 0.238 e. The zero-order valence-electron chi connectivity index (χ0n) is 12.2. The monoisotopic (exact) mass is 309 g/mol. The fraction of sp³-hybridized carbons (Fsp3) is 0.333. The number of hydrogen-bond donors (Lipinski definition) is 2. The van der Waals surface area contributed by atoms with Gasteiger partial charge in [0, 0.05) is 30.4 Å². The van der Waals surface area contributed by atoms with Crippen LogP contribution in [0.4, 0.5) is 11.4 Å². The summed E-state index contributed by atoms with van der Waals surface area (Å²) in [6, 6.07) is 6.98. The second-order valence-electron chi connectivity index (χ2n) is 4.50. The predicted molar refractivity (Wildman–Crippen MR) is 86.5 cm³/mol. The second-order valence-corrected chi connectivity index (χ2v) is 4.75. The van der Waals surface area contributed by atoms with E-state index in [2.05, 4.69) is 10.6 Å². The number of carbonyl (C=O) groups excluding carboxylic acids is 2. The van der Waals surface area contributed by atoms with E-state index >= 15 is 0 Å². The average molecular weight is 310 g/mol. The first-order valence-corrected chi connectivity index (χ1v) is 7.14. The summed E-state index contributed by atoms with van der Waals surface area (Å²) >= 11 is 5.48. The molecule has 5 nitrogen and oxygen atoms in total. The molecule has 1 rings (SSSR count). The minimum atomic E-state index is -0.127. The van der Waals surface area contributed by atoms with Gasteiger partial charge in [0.05, 0.1) is 6.54 Å². The molecule has 0 heterocycles. The Morgan fingerprint density at radius 2 is 1.76 bits per heavy atom. The lowest BCUT2D eigenvalue weighted by Gasteiger charge is -2.17. The van der Waals surface area contributed by atoms with Crippen molar-refractivity contribution >= 4 is 34.8 Å². The van der Waals surface area contributed by atoms with Gasteiger partial charge < -0.3 is 10.6 Å². The highest BCUT2D eigenvalue weighted by Crippen LogP contribution is 2.13. The first kappa shape index (κ1) is 17.2. The van der Waals surface area contributed by atoms with Crippen molar-refractivity contribution in [3.63, 3.8) is 0 Å². The van der Waals surface area contributed by atoms with Crippen LogP contribution in [-0.4, -0.2) is 36.3 Å². The number of nitrogens with zero attached hydrogens (tertiary/aromatic N) is 1. The molecule has 0 saturated carbocycles. The Balaban J connectivity index is 2.52. The van der Waals surface area contributed by atoms with Crippen LogP contribution in [0.1, 0.15) is 13.8 Å². The molecule has 2 amide bonds. The van der Waals surface area contributed by atoms with Crippen LogP contribution in [-0.2, 0) is 9.59 Å². The summed E-state index contributed by atoms with van der Waals surface area (Å²) < 4.78 is 0. The van der Waals surface area contributed by atoms with Crippen LogP contribution in [0.15, 0.2) is 35.9 Å². The molecule has 0 fully saturated rings. The Hall–Kier alpha value is -1.85. The van der Waals surface area contributed by atoms with E-state index in [4.69, 9.17) is 11.6 Å². The van der Waals surface area contributed by atoms with Crippen LogP contribution < -0.4 is 10.6 Å². The van der Waals surface area contributed by atoms with Gasteiger partial charge in [-0.1, -0.05) is 24.6 Å². The van der Waals surface area contributed by atoms with Gasteiger partial charge in [-0.15, -0.1) is 0 Å². The normalized spacial score (nSPS) is 10.9. The summed E-state index contributed by atoms with van der Waals surface area (Å²) in [5.41, 5.74) is 2.84. The summed E-state index contributed by atoms with van der Waals surface area (Å²) in [7, 11) is 0. The van der Waals surface area contributed by atoms with E-state index in [1.165, 1.54) is 12.5 Å². The van der Waals surface area contributed by atoms with Crippen molar-refractivity contribution in [3.8, 4) is 0 Å². The van der Waals surface area contributed by atoms with Crippen molar-refractivity contribution in [1.82, 2.24) is 4.90 Å². The van der Waals surface area contributed by atoms with Gasteiger partial charge in [-0.3, -0.25) is 14.5 Å². The molecule has 0 aliphatic rings. The van der Waals surface area contributed by atoms with Gasteiger partial charge in [-0.2, -0.15) is 0 Å². The van der Waals surface area contributed by atoms with Crippen molar-refractivity contribution in [2.75, 3.05) is 30.3 Å². The smallest absolute Gasteiger partial charge is 0.238 e. The van der Waals surface area contributed by atoms with E-state index in [0.29, 0.717) is 24.5 Å². The second kappa shape index (κ2) is 9.15. The summed E-state index contributed by atoms with van der Waals surface area (Å²) in [5, 5.41) is 5.48. The number of halogens is 1. The fourth-order valence-electron chi connectivity index (χ4n) is 1.74. The highest BCUT2D eigenvalue weighted by molar-refractivity contribution is 6.25. The molecule has 2 N–H and O–H groups in total. The molecule has 1 aromatic carbocycles. The Labute approximate surface area is 130 Å². The minimum absolute atomic E-state index is 0.0906. The third kappa shape index (κ3) is 6.92. The summed E-state index contributed by atoms with van der Waals surface area (Å²) in [6.45, 7) is 5.12. The molecule has 6 heteroatoms. The molecule has 0 aromatic heterocycles. The molecule has 0 unspecified atom stereocenters. The highest BCUT2D eigenvalue weighted by Gasteiger charge is 2.08. The van der Waals surface area contributed by atoms with Crippen LogP contribution in [0.5, 0.6) is 0 Å². The summed E-state index contributed by atoms with van der Waals surface area (Å²) in [5.74, 6) is -0.218. The van der Waals surface area contributed by atoms with Gasteiger partial charge in [0.25, 0.3) is 0 Å². The molecule has 114 valence electrons. The Bertz CT molecular complexity index is 500. The first-order chi connectivity index (χ1) is 10.0. The fourth-order valence-corrected chi connectivity index (χ4v) is 1.82. The molecule has 1 aromatic rings. The third-order valence-electron chi connectivity index (χ3n) is 2.76. The largest absolute Gasteiger partial charge is 0.326 e. The van der Waals surface area contributed by atoms with Gasteiger partial charge >= 0.3 is 0 Å². The van der Waals surface area contributed by atoms with Gasteiger partial charge in [0.2, 0.25) is 11.8 Å². The van der Waals surface area contributed by atoms with Gasteiger partial charge in [-0.25, -0.2) is 0 Å². The first-order valence-electron chi connectivity index (χ1n) is 6.70. The van der Waals surface area contributed by atoms with E-state index in [1.54, 1.807) is 30.3 Å². The van der Waals surface area contributed by atoms with Crippen LogP contribution in [0.3, 0.4) is 0 Å². The van der Waals surface area contributed by atoms with Gasteiger partial charge in [-0.05, 0) is 30.8 Å². The topological polar surface area (TPSA) is 61.4 Å². The third-order valence-corrected chi connectivity index (χ3v) is 2.93. The van der Waals surface area contributed by atoms with Crippen LogP contribution in [0.2, 0.25) is 0 Å². The maximum atomic E-state index is 11.9. The zero-order chi connectivity index (χ0) is 15.7. The minimum Gasteiger partial charge on any atom is -0.326 e. The molecular formula is C15H20ClN3O2. The number of amides is 2. The molecule has 0 saturated heterocycles. The van der Waals surface area contributed by atoms with Crippen molar-refractivity contribution in [3.05, 3.63) is 35.9 Å². The number of carbonyl (C=O) groups is 2. The van der Waals surface area contributed by atoms with Crippen molar-refractivity contribution in [2.45, 2.75) is 13.8 Å². The predicted octanol–water partition coefficient (Wildman–Crippen LogP) is 2.66. The molecular weight excluding hydrogens is 290 g/mol. The molecule has 21 heavy (non-hydrogen) atoms. The summed E-state index contributed by atoms with van der Waals surface area (Å²) in [6.07, 6.45) is 1.79.